The first-order valence-electron chi connectivity index (χ1n) is 11.7. The molecule has 0 spiro atoms. The molecule has 2 amide bonds. The van der Waals surface area contributed by atoms with E-state index in [2.05, 4.69) is 4.98 Å². The molecule has 1 fully saturated rings. The number of nitrogens with zero attached hydrogens (tertiary/aromatic N) is 5. The number of carbonyl (C=O) groups excluding carboxylic acids is 2. The van der Waals surface area contributed by atoms with Crippen LogP contribution < -0.4 is 14.7 Å². The number of aryl methyl sites for hydroxylation is 1. The lowest BCUT2D eigenvalue weighted by Gasteiger charge is -2.32. The Balaban J connectivity index is 1.94. The summed E-state index contributed by atoms with van der Waals surface area (Å²) in [5.41, 5.74) is 0.0784. The zero-order chi connectivity index (χ0) is 27.7. The number of hydrogen-bond acceptors (Lipinski definition) is 6. The summed E-state index contributed by atoms with van der Waals surface area (Å²) in [5.74, 6) is -1.18. The van der Waals surface area contributed by atoms with E-state index in [1.54, 1.807) is 30.1 Å². The summed E-state index contributed by atoms with van der Waals surface area (Å²) in [4.78, 5) is 36.5. The van der Waals surface area contributed by atoms with Gasteiger partial charge in [-0.05, 0) is 51.7 Å². The molecule has 12 heteroatoms. The van der Waals surface area contributed by atoms with Gasteiger partial charge in [0.25, 0.3) is 0 Å². The molecule has 1 aromatic heterocycles. The van der Waals surface area contributed by atoms with Crippen molar-refractivity contribution < 1.29 is 27.9 Å². The highest BCUT2D eigenvalue weighted by atomic mass is 35.5. The van der Waals surface area contributed by atoms with Crippen LogP contribution in [0.2, 0.25) is 5.02 Å². The van der Waals surface area contributed by atoms with Crippen molar-refractivity contribution in [3.05, 3.63) is 46.6 Å². The van der Waals surface area contributed by atoms with Crippen molar-refractivity contribution in [1.82, 2.24) is 9.88 Å². The lowest BCUT2D eigenvalue weighted by atomic mass is 10.1. The molecule has 8 nitrogen and oxygen atoms in total. The van der Waals surface area contributed by atoms with Crippen LogP contribution in [0.4, 0.5) is 30.4 Å². The van der Waals surface area contributed by atoms with Gasteiger partial charge < -0.3 is 19.8 Å². The maximum absolute atomic E-state index is 13.7. The number of carbonyl (C=O) groups is 2. The van der Waals surface area contributed by atoms with Gasteiger partial charge >= 0.3 is 6.18 Å². The molecule has 1 N–H and O–H groups in total. The van der Waals surface area contributed by atoms with E-state index in [-0.39, 0.29) is 30.9 Å². The first-order valence-corrected chi connectivity index (χ1v) is 12.1. The molecule has 2 atom stereocenters. The number of hydrogen-bond donors (Lipinski definition) is 1. The molecule has 37 heavy (non-hydrogen) atoms. The molecule has 202 valence electrons. The first kappa shape index (κ1) is 28.7. The minimum atomic E-state index is -4.63. The van der Waals surface area contributed by atoms with Crippen molar-refractivity contribution in [3.8, 4) is 0 Å². The molecular weight excluding hydrogens is 511 g/mol. The molecule has 2 aromatic rings. The number of amides is 2. The van der Waals surface area contributed by atoms with E-state index in [0.29, 0.717) is 22.9 Å². The van der Waals surface area contributed by atoms with Crippen LogP contribution in [0.5, 0.6) is 0 Å². The number of aliphatic hydroxyl groups is 1. The molecule has 2 heterocycles. The van der Waals surface area contributed by atoms with Crippen LogP contribution in [-0.2, 0) is 15.8 Å². The Morgan fingerprint density at radius 3 is 2.51 bits per heavy atom. The van der Waals surface area contributed by atoms with Crippen LogP contribution in [0.1, 0.15) is 24.1 Å². The van der Waals surface area contributed by atoms with Crippen molar-refractivity contribution in [2.24, 2.45) is 0 Å². The van der Waals surface area contributed by atoms with Crippen LogP contribution in [-0.4, -0.2) is 80.2 Å². The van der Waals surface area contributed by atoms with Crippen molar-refractivity contribution in [1.29, 1.82) is 0 Å². The Morgan fingerprint density at radius 2 is 1.89 bits per heavy atom. The fourth-order valence-electron chi connectivity index (χ4n) is 4.52. The average Bonchev–Trinajstić information content (AvgIpc) is 3.17. The summed E-state index contributed by atoms with van der Waals surface area (Å²) in [7, 11) is 6.94. The summed E-state index contributed by atoms with van der Waals surface area (Å²) in [6, 6.07) is 5.66. The largest absolute Gasteiger partial charge is 0.416 e. The normalized spacial score (nSPS) is 16.9. The number of anilines is 3. The standard InChI is InChI=1S/C25H31ClF3N5O3/c1-15-11-16(25(27,28)29)12-21(30-15)34-20(9-10-22(34)36)24(37)33(5)19-8-6-7-18(26)23(19)32(4)14-17(35)13-31(2)3/h6-8,11-12,17,20,35H,9-10,13-14H2,1-5H3. The SMILES string of the molecule is Cc1cc(C(F)(F)F)cc(N2C(=O)CCC2C(=O)N(C)c2cccc(Cl)c2N(C)CC(O)CN(C)C)n1. The third-order valence-electron chi connectivity index (χ3n) is 6.11. The van der Waals surface area contributed by atoms with Crippen LogP contribution in [0.15, 0.2) is 30.3 Å². The molecule has 1 aliphatic heterocycles. The highest BCUT2D eigenvalue weighted by molar-refractivity contribution is 6.34. The Hall–Kier alpha value is -2.89. The monoisotopic (exact) mass is 541 g/mol. The molecule has 1 aromatic carbocycles. The quantitative estimate of drug-likeness (QED) is 0.550. The maximum Gasteiger partial charge on any atom is 0.416 e. The van der Waals surface area contributed by atoms with Gasteiger partial charge in [0.2, 0.25) is 11.8 Å². The Kier molecular flexibility index (Phi) is 8.71. The number of benzene rings is 1. The summed E-state index contributed by atoms with van der Waals surface area (Å²) >= 11 is 6.49. The minimum absolute atomic E-state index is 0.000251. The van der Waals surface area contributed by atoms with Crippen LogP contribution in [0.25, 0.3) is 0 Å². The van der Waals surface area contributed by atoms with E-state index in [0.717, 1.165) is 17.0 Å². The Bertz CT molecular complexity index is 1160. The molecule has 3 rings (SSSR count). The molecule has 0 saturated carbocycles. The molecule has 2 unspecified atom stereocenters. The van der Waals surface area contributed by atoms with Gasteiger partial charge in [-0.15, -0.1) is 0 Å². The molecule has 0 radical (unpaired) electrons. The Labute approximate surface area is 219 Å². The van der Waals surface area contributed by atoms with E-state index in [4.69, 9.17) is 11.6 Å². The number of likely N-dealkylation sites (N-methyl/N-ethyl adjacent to an activating group) is 3. The predicted octanol–water partition coefficient (Wildman–Crippen LogP) is 3.58. The topological polar surface area (TPSA) is 80.2 Å². The number of aromatic nitrogens is 1. The van der Waals surface area contributed by atoms with Gasteiger partial charge in [0, 0.05) is 39.3 Å². The van der Waals surface area contributed by atoms with Gasteiger partial charge in [-0.1, -0.05) is 17.7 Å². The highest BCUT2D eigenvalue weighted by Crippen LogP contribution is 2.38. The zero-order valence-electron chi connectivity index (χ0n) is 21.4. The number of rotatable bonds is 8. The zero-order valence-corrected chi connectivity index (χ0v) is 22.1. The Morgan fingerprint density at radius 1 is 1.22 bits per heavy atom. The van der Waals surface area contributed by atoms with Gasteiger partial charge in [0.1, 0.15) is 11.9 Å². The summed E-state index contributed by atoms with van der Waals surface area (Å²) in [6.45, 7) is 2.06. The summed E-state index contributed by atoms with van der Waals surface area (Å²) in [6.07, 6.45) is -5.19. The van der Waals surface area contributed by atoms with Crippen molar-refractivity contribution in [3.63, 3.8) is 0 Å². The smallest absolute Gasteiger partial charge is 0.390 e. The number of aliphatic hydroxyl groups excluding tert-OH is 1. The predicted molar refractivity (Wildman–Crippen MR) is 137 cm³/mol. The minimum Gasteiger partial charge on any atom is -0.390 e. The summed E-state index contributed by atoms with van der Waals surface area (Å²) in [5, 5.41) is 10.8. The van der Waals surface area contributed by atoms with Gasteiger partial charge in [0.15, 0.2) is 0 Å². The molecular formula is C25H31ClF3N5O3. The van der Waals surface area contributed by atoms with Crippen molar-refractivity contribution >= 4 is 40.6 Å². The lowest BCUT2D eigenvalue weighted by molar-refractivity contribution is -0.137. The van der Waals surface area contributed by atoms with Crippen LogP contribution >= 0.6 is 11.6 Å². The van der Waals surface area contributed by atoms with Gasteiger partial charge in [-0.2, -0.15) is 13.2 Å². The van der Waals surface area contributed by atoms with E-state index in [1.807, 2.05) is 19.0 Å². The van der Waals surface area contributed by atoms with E-state index in [1.165, 1.54) is 18.9 Å². The average molecular weight is 542 g/mol. The molecule has 1 saturated heterocycles. The lowest BCUT2D eigenvalue weighted by Crippen LogP contribution is -2.46. The van der Waals surface area contributed by atoms with Gasteiger partial charge in [-0.25, -0.2) is 4.98 Å². The highest BCUT2D eigenvalue weighted by Gasteiger charge is 2.41. The second-order valence-electron chi connectivity index (χ2n) is 9.47. The number of pyridine rings is 1. The van der Waals surface area contributed by atoms with Crippen LogP contribution in [0.3, 0.4) is 0 Å². The van der Waals surface area contributed by atoms with Crippen LogP contribution in [0, 0.1) is 6.92 Å². The fraction of sp³-hybridized carbons (Fsp3) is 0.480. The van der Waals surface area contributed by atoms with Gasteiger partial charge in [0.05, 0.1) is 28.1 Å². The number of alkyl halides is 3. The molecule has 1 aliphatic rings. The third-order valence-corrected chi connectivity index (χ3v) is 6.42. The summed E-state index contributed by atoms with van der Waals surface area (Å²) < 4.78 is 40.2. The van der Waals surface area contributed by atoms with E-state index < -0.39 is 35.7 Å². The first-order chi connectivity index (χ1) is 17.2. The van der Waals surface area contributed by atoms with Gasteiger partial charge in [-0.3, -0.25) is 14.5 Å². The van der Waals surface area contributed by atoms with E-state index >= 15 is 0 Å². The second-order valence-corrected chi connectivity index (χ2v) is 9.88. The number of halogens is 4. The fourth-order valence-corrected chi connectivity index (χ4v) is 4.84. The van der Waals surface area contributed by atoms with Crippen molar-refractivity contribution in [2.75, 3.05) is 56.0 Å². The second kappa shape index (κ2) is 11.2. The van der Waals surface area contributed by atoms with Crippen molar-refractivity contribution in [2.45, 2.75) is 38.1 Å². The molecule has 0 aliphatic carbocycles. The van der Waals surface area contributed by atoms with E-state index in [9.17, 15) is 27.9 Å². The third kappa shape index (κ3) is 6.52. The maximum atomic E-state index is 13.7. The molecule has 0 bridgehead atoms. The number of para-hydroxylation sites is 1.